The molecule has 10 heteroatoms. The summed E-state index contributed by atoms with van der Waals surface area (Å²) in [6, 6.07) is 10.7. The number of ether oxygens (including phenoxy) is 4. The lowest BCUT2D eigenvalue weighted by atomic mass is 10.2. The molecule has 0 saturated carbocycles. The number of phenolic OH excluding ortho intramolecular Hbond substituents is 1. The van der Waals surface area contributed by atoms with Crippen molar-refractivity contribution in [1.29, 1.82) is 0 Å². The Bertz CT molecular complexity index is 1100. The molecule has 0 saturated heterocycles. The van der Waals surface area contributed by atoms with Gasteiger partial charge in [-0.05, 0) is 36.5 Å². The van der Waals surface area contributed by atoms with Gasteiger partial charge in [-0.15, -0.1) is 0 Å². The molecule has 9 nitrogen and oxygen atoms in total. The molecule has 0 aliphatic carbocycles. The number of aromatic hydroxyl groups is 1. The van der Waals surface area contributed by atoms with Gasteiger partial charge in [-0.2, -0.15) is 14.9 Å². The molecule has 1 aliphatic rings. The van der Waals surface area contributed by atoms with Crippen LogP contribution in [-0.4, -0.2) is 47.0 Å². The standard InChI is InChI=1S/C19H18N4O5S/c1-25-14-7-11(8-15(26-2)17(14)24)9-20-23-18(21-22-19(23)29)16-10-27-12-5-3-4-6-13(12)28-16/h3-9,16,24H,10H2,1-2H3,(H,22,29). The minimum absolute atomic E-state index is 0.0841. The Hall–Kier alpha value is -3.53. The van der Waals surface area contributed by atoms with Gasteiger partial charge in [-0.1, -0.05) is 12.1 Å². The molecule has 1 atom stereocenters. The maximum atomic E-state index is 10.0. The van der Waals surface area contributed by atoms with Gasteiger partial charge in [0.25, 0.3) is 0 Å². The largest absolute Gasteiger partial charge is 0.502 e. The Labute approximate surface area is 171 Å². The van der Waals surface area contributed by atoms with Crippen LogP contribution in [0.5, 0.6) is 28.7 Å². The van der Waals surface area contributed by atoms with Crippen LogP contribution in [0.2, 0.25) is 0 Å². The summed E-state index contributed by atoms with van der Waals surface area (Å²) in [5.41, 5.74) is 0.636. The summed E-state index contributed by atoms with van der Waals surface area (Å²) in [6.45, 7) is 0.271. The van der Waals surface area contributed by atoms with Crippen LogP contribution < -0.4 is 18.9 Å². The van der Waals surface area contributed by atoms with Gasteiger partial charge < -0.3 is 24.1 Å². The van der Waals surface area contributed by atoms with E-state index in [9.17, 15) is 5.11 Å². The lowest BCUT2D eigenvalue weighted by Crippen LogP contribution is -2.24. The molecule has 29 heavy (non-hydrogen) atoms. The molecule has 0 bridgehead atoms. The molecular formula is C19H18N4O5S. The van der Waals surface area contributed by atoms with Gasteiger partial charge in [0.2, 0.25) is 10.5 Å². The van der Waals surface area contributed by atoms with Crippen LogP contribution in [0, 0.1) is 4.77 Å². The van der Waals surface area contributed by atoms with E-state index in [4.69, 9.17) is 31.2 Å². The highest BCUT2D eigenvalue weighted by Crippen LogP contribution is 2.37. The Morgan fingerprint density at radius 2 is 1.93 bits per heavy atom. The highest BCUT2D eigenvalue weighted by molar-refractivity contribution is 7.71. The Morgan fingerprint density at radius 3 is 2.62 bits per heavy atom. The van der Waals surface area contributed by atoms with E-state index in [0.29, 0.717) is 27.7 Å². The third-order valence-electron chi connectivity index (χ3n) is 4.30. The lowest BCUT2D eigenvalue weighted by Gasteiger charge is -2.25. The van der Waals surface area contributed by atoms with Gasteiger partial charge >= 0.3 is 0 Å². The molecule has 1 unspecified atom stereocenters. The first-order valence-corrected chi connectivity index (χ1v) is 9.06. The number of methoxy groups -OCH3 is 2. The molecule has 0 spiro atoms. The van der Waals surface area contributed by atoms with E-state index in [1.807, 2.05) is 24.3 Å². The van der Waals surface area contributed by atoms with Crippen molar-refractivity contribution >= 4 is 18.4 Å². The van der Waals surface area contributed by atoms with E-state index < -0.39 is 6.10 Å². The number of nitrogens with one attached hydrogen (secondary N) is 1. The van der Waals surface area contributed by atoms with Gasteiger partial charge in [-0.3, -0.25) is 0 Å². The van der Waals surface area contributed by atoms with Crippen molar-refractivity contribution in [2.75, 3.05) is 20.8 Å². The molecule has 150 valence electrons. The SMILES string of the molecule is COc1cc(C=Nn2c(C3COc4ccccc4O3)n[nH]c2=S)cc(OC)c1O. The van der Waals surface area contributed by atoms with Crippen LogP contribution in [0.3, 0.4) is 0 Å². The summed E-state index contributed by atoms with van der Waals surface area (Å²) in [6.07, 6.45) is 1.07. The molecule has 3 aromatic rings. The number of nitrogens with zero attached hydrogens (tertiary/aromatic N) is 3. The van der Waals surface area contributed by atoms with Crippen LogP contribution in [0.25, 0.3) is 0 Å². The summed E-state index contributed by atoms with van der Waals surface area (Å²) in [4.78, 5) is 0. The second-order valence-electron chi connectivity index (χ2n) is 6.08. The van der Waals surface area contributed by atoms with Gasteiger partial charge in [0.15, 0.2) is 34.9 Å². The van der Waals surface area contributed by atoms with E-state index in [1.165, 1.54) is 18.9 Å². The summed E-state index contributed by atoms with van der Waals surface area (Å²) >= 11 is 5.30. The zero-order valence-electron chi connectivity index (χ0n) is 15.7. The number of hydrogen-bond acceptors (Lipinski definition) is 8. The topological polar surface area (TPSA) is 103 Å². The maximum absolute atomic E-state index is 10.0. The molecule has 1 aliphatic heterocycles. The molecule has 1 aromatic heterocycles. The summed E-state index contributed by atoms with van der Waals surface area (Å²) < 4.78 is 23.8. The summed E-state index contributed by atoms with van der Waals surface area (Å²) in [5, 5.41) is 21.4. The minimum atomic E-state index is -0.487. The Balaban J connectivity index is 1.65. The molecule has 2 aromatic carbocycles. The summed E-state index contributed by atoms with van der Waals surface area (Å²) in [5.74, 6) is 2.22. The van der Waals surface area contributed by atoms with Crippen molar-refractivity contribution in [2.45, 2.75) is 6.10 Å². The number of aromatic nitrogens is 3. The van der Waals surface area contributed by atoms with Gasteiger partial charge in [0.05, 0.1) is 20.4 Å². The lowest BCUT2D eigenvalue weighted by molar-refractivity contribution is 0.0826. The number of aromatic amines is 1. The predicted octanol–water partition coefficient (Wildman–Crippen LogP) is 3.06. The van der Waals surface area contributed by atoms with E-state index in [-0.39, 0.29) is 23.9 Å². The van der Waals surface area contributed by atoms with Gasteiger partial charge in [0.1, 0.15) is 6.61 Å². The maximum Gasteiger partial charge on any atom is 0.216 e. The van der Waals surface area contributed by atoms with E-state index in [0.717, 1.165) is 0 Å². The zero-order chi connectivity index (χ0) is 20.4. The second-order valence-corrected chi connectivity index (χ2v) is 6.47. The second kappa shape index (κ2) is 7.84. The monoisotopic (exact) mass is 414 g/mol. The van der Waals surface area contributed by atoms with Crippen molar-refractivity contribution in [3.63, 3.8) is 0 Å². The number of para-hydroxylation sites is 2. The summed E-state index contributed by atoms with van der Waals surface area (Å²) in [7, 11) is 2.91. The average molecular weight is 414 g/mol. The Kier molecular flexibility index (Phi) is 5.09. The van der Waals surface area contributed by atoms with Crippen LogP contribution in [0.4, 0.5) is 0 Å². The first-order chi connectivity index (χ1) is 14.1. The fraction of sp³-hybridized carbons (Fsp3) is 0.211. The number of rotatable bonds is 5. The van der Waals surface area contributed by atoms with Crippen molar-refractivity contribution in [1.82, 2.24) is 14.9 Å². The van der Waals surface area contributed by atoms with E-state index >= 15 is 0 Å². The van der Waals surface area contributed by atoms with Crippen LogP contribution >= 0.6 is 12.2 Å². The van der Waals surface area contributed by atoms with Crippen molar-refractivity contribution in [3.05, 3.63) is 52.6 Å². The highest BCUT2D eigenvalue weighted by Gasteiger charge is 2.27. The molecule has 4 rings (SSSR count). The number of phenols is 1. The first-order valence-electron chi connectivity index (χ1n) is 8.66. The van der Waals surface area contributed by atoms with Crippen molar-refractivity contribution in [2.24, 2.45) is 5.10 Å². The fourth-order valence-electron chi connectivity index (χ4n) is 2.88. The predicted molar refractivity (Wildman–Crippen MR) is 107 cm³/mol. The number of fused-ring (bicyclic) bond motifs is 1. The molecule has 2 heterocycles. The minimum Gasteiger partial charge on any atom is -0.502 e. The quantitative estimate of drug-likeness (QED) is 0.488. The first kappa shape index (κ1) is 18.8. The van der Waals surface area contributed by atoms with Crippen molar-refractivity contribution < 1.29 is 24.1 Å². The van der Waals surface area contributed by atoms with Crippen LogP contribution in [-0.2, 0) is 0 Å². The molecule has 0 fully saturated rings. The van der Waals surface area contributed by atoms with Gasteiger partial charge in [0, 0.05) is 5.56 Å². The third kappa shape index (κ3) is 3.61. The molecule has 0 radical (unpaired) electrons. The van der Waals surface area contributed by atoms with Crippen LogP contribution in [0.15, 0.2) is 41.5 Å². The highest BCUT2D eigenvalue weighted by atomic mass is 32.1. The Morgan fingerprint density at radius 1 is 1.24 bits per heavy atom. The number of H-pyrrole nitrogens is 1. The fourth-order valence-corrected chi connectivity index (χ4v) is 3.07. The van der Waals surface area contributed by atoms with E-state index in [1.54, 1.807) is 18.3 Å². The molecule has 2 N–H and O–H groups in total. The van der Waals surface area contributed by atoms with Gasteiger partial charge in [-0.25, -0.2) is 5.10 Å². The smallest absolute Gasteiger partial charge is 0.216 e. The average Bonchev–Trinajstić information content (AvgIpc) is 3.12. The van der Waals surface area contributed by atoms with Crippen LogP contribution in [0.1, 0.15) is 17.5 Å². The molecule has 0 amide bonds. The normalized spacial score (nSPS) is 15.4. The molecular weight excluding hydrogens is 396 g/mol. The van der Waals surface area contributed by atoms with E-state index in [2.05, 4.69) is 15.3 Å². The third-order valence-corrected chi connectivity index (χ3v) is 4.56. The number of hydrogen-bond donors (Lipinski definition) is 2. The zero-order valence-corrected chi connectivity index (χ0v) is 16.5. The number of benzene rings is 2. The van der Waals surface area contributed by atoms with Crippen molar-refractivity contribution in [3.8, 4) is 28.7 Å².